The molecule has 0 aromatic heterocycles. The van der Waals surface area contributed by atoms with Crippen LogP contribution >= 0.6 is 11.6 Å². The van der Waals surface area contributed by atoms with Crippen LogP contribution in [0.15, 0.2) is 24.3 Å². The standard InChI is InChI=1S/C8H7ClN2O2S/c9-6-1-3-7(4-2-6)11-8(10)5-13-14(11)12/h1-4,10H,5H2. The third-order valence-corrected chi connectivity index (χ3v) is 3.05. The van der Waals surface area contributed by atoms with Gasteiger partial charge in [-0.2, -0.15) is 0 Å². The van der Waals surface area contributed by atoms with E-state index in [0.717, 1.165) is 0 Å². The molecule has 74 valence electrons. The molecule has 0 saturated carbocycles. The lowest BCUT2D eigenvalue weighted by atomic mass is 10.3. The molecule has 4 nitrogen and oxygen atoms in total. The van der Waals surface area contributed by atoms with Crippen molar-refractivity contribution < 1.29 is 8.39 Å². The van der Waals surface area contributed by atoms with Gasteiger partial charge in [0, 0.05) is 5.02 Å². The zero-order valence-corrected chi connectivity index (χ0v) is 8.64. The van der Waals surface area contributed by atoms with Crippen molar-refractivity contribution in [3.63, 3.8) is 0 Å². The SMILES string of the molecule is N=C1COS(=O)N1c1ccc(Cl)cc1. The maximum atomic E-state index is 11.3. The van der Waals surface area contributed by atoms with E-state index in [2.05, 4.69) is 0 Å². The third-order valence-electron chi connectivity index (χ3n) is 1.75. The minimum Gasteiger partial charge on any atom is -0.285 e. The number of halogens is 1. The summed E-state index contributed by atoms with van der Waals surface area (Å²) in [5.41, 5.74) is 0.648. The molecule has 1 atom stereocenters. The number of hydrogen-bond donors (Lipinski definition) is 1. The smallest absolute Gasteiger partial charge is 0.270 e. The lowest BCUT2D eigenvalue weighted by Crippen LogP contribution is -2.24. The maximum Gasteiger partial charge on any atom is 0.270 e. The molecule has 1 saturated heterocycles. The van der Waals surface area contributed by atoms with Gasteiger partial charge in [0.2, 0.25) is 0 Å². The first-order valence-electron chi connectivity index (χ1n) is 3.87. The Morgan fingerprint density at radius 3 is 2.57 bits per heavy atom. The van der Waals surface area contributed by atoms with E-state index in [0.29, 0.717) is 10.7 Å². The molecular formula is C8H7ClN2O2S. The van der Waals surface area contributed by atoms with Gasteiger partial charge < -0.3 is 0 Å². The summed E-state index contributed by atoms with van der Waals surface area (Å²) in [7, 11) is 0. The fourth-order valence-corrected chi connectivity index (χ4v) is 2.10. The second kappa shape index (κ2) is 3.68. The molecule has 1 unspecified atom stereocenters. The first kappa shape index (κ1) is 9.64. The van der Waals surface area contributed by atoms with Gasteiger partial charge in [0.1, 0.15) is 12.4 Å². The number of hydrogen-bond acceptors (Lipinski definition) is 3. The Morgan fingerprint density at radius 1 is 1.43 bits per heavy atom. The van der Waals surface area contributed by atoms with E-state index in [9.17, 15) is 4.21 Å². The summed E-state index contributed by atoms with van der Waals surface area (Å²) in [6, 6.07) is 6.76. The summed E-state index contributed by atoms with van der Waals surface area (Å²) >= 11 is 4.13. The molecule has 1 N–H and O–H groups in total. The first-order valence-corrected chi connectivity index (χ1v) is 5.28. The number of amidine groups is 1. The average Bonchev–Trinajstić information content (AvgIpc) is 2.49. The monoisotopic (exact) mass is 230 g/mol. The van der Waals surface area contributed by atoms with Gasteiger partial charge in [0.15, 0.2) is 0 Å². The van der Waals surface area contributed by atoms with Crippen LogP contribution in [0.1, 0.15) is 0 Å². The molecule has 2 rings (SSSR count). The van der Waals surface area contributed by atoms with Gasteiger partial charge in [-0.15, -0.1) is 0 Å². The zero-order chi connectivity index (χ0) is 10.1. The Balaban J connectivity index is 2.34. The van der Waals surface area contributed by atoms with Gasteiger partial charge in [0.25, 0.3) is 11.3 Å². The van der Waals surface area contributed by atoms with Gasteiger partial charge in [-0.05, 0) is 24.3 Å². The molecule has 0 radical (unpaired) electrons. The van der Waals surface area contributed by atoms with E-state index in [4.69, 9.17) is 21.2 Å². The molecule has 0 bridgehead atoms. The summed E-state index contributed by atoms with van der Waals surface area (Å²) in [5.74, 6) is 0.186. The minimum atomic E-state index is -1.58. The van der Waals surface area contributed by atoms with Crippen LogP contribution in [-0.4, -0.2) is 16.7 Å². The highest BCUT2D eigenvalue weighted by atomic mass is 35.5. The molecule has 0 spiro atoms. The summed E-state index contributed by atoms with van der Waals surface area (Å²) in [4.78, 5) is 0. The van der Waals surface area contributed by atoms with E-state index < -0.39 is 11.3 Å². The number of nitrogens with one attached hydrogen (secondary N) is 1. The third kappa shape index (κ3) is 1.66. The van der Waals surface area contributed by atoms with Crippen molar-refractivity contribution >= 4 is 34.4 Å². The number of rotatable bonds is 1. The fraction of sp³-hybridized carbons (Fsp3) is 0.125. The van der Waals surface area contributed by atoms with Crippen molar-refractivity contribution in [2.24, 2.45) is 0 Å². The quantitative estimate of drug-likeness (QED) is 0.799. The number of anilines is 1. The molecule has 0 aliphatic carbocycles. The van der Waals surface area contributed by atoms with E-state index in [1.54, 1.807) is 24.3 Å². The van der Waals surface area contributed by atoms with Crippen LogP contribution < -0.4 is 4.31 Å². The summed E-state index contributed by atoms with van der Waals surface area (Å²) in [6.45, 7) is 0.0786. The Kier molecular flexibility index (Phi) is 2.54. The van der Waals surface area contributed by atoms with E-state index in [1.807, 2.05) is 0 Å². The van der Waals surface area contributed by atoms with Gasteiger partial charge in [-0.3, -0.25) is 9.59 Å². The molecule has 1 heterocycles. The predicted molar refractivity (Wildman–Crippen MR) is 55.8 cm³/mol. The summed E-state index contributed by atoms with van der Waals surface area (Å²) < 4.78 is 17.4. The molecule has 1 aromatic rings. The van der Waals surface area contributed by atoms with Gasteiger partial charge in [-0.1, -0.05) is 11.6 Å². The Labute approximate surface area is 88.7 Å². The highest BCUT2D eigenvalue weighted by Gasteiger charge is 2.27. The Morgan fingerprint density at radius 2 is 2.07 bits per heavy atom. The molecule has 1 aliphatic heterocycles. The number of benzene rings is 1. The molecular weight excluding hydrogens is 224 g/mol. The predicted octanol–water partition coefficient (Wildman–Crippen LogP) is 1.73. The normalized spacial score (nSPS) is 21.6. The highest BCUT2D eigenvalue weighted by Crippen LogP contribution is 2.23. The maximum absolute atomic E-state index is 11.3. The highest BCUT2D eigenvalue weighted by molar-refractivity contribution is 7.83. The van der Waals surface area contributed by atoms with E-state index in [1.165, 1.54) is 4.31 Å². The number of nitrogens with zero attached hydrogens (tertiary/aromatic N) is 1. The van der Waals surface area contributed by atoms with E-state index >= 15 is 0 Å². The van der Waals surface area contributed by atoms with Gasteiger partial charge in [0.05, 0.1) is 5.69 Å². The van der Waals surface area contributed by atoms with Crippen LogP contribution in [0.25, 0.3) is 0 Å². The van der Waals surface area contributed by atoms with Crippen LogP contribution in [0.2, 0.25) is 5.02 Å². The van der Waals surface area contributed by atoms with Crippen LogP contribution in [-0.2, 0) is 15.4 Å². The second-order valence-corrected chi connectivity index (χ2v) is 4.17. The van der Waals surface area contributed by atoms with Gasteiger partial charge in [-0.25, -0.2) is 8.51 Å². The van der Waals surface area contributed by atoms with E-state index in [-0.39, 0.29) is 12.4 Å². The minimum absolute atomic E-state index is 0.0786. The van der Waals surface area contributed by atoms with Crippen LogP contribution in [0.3, 0.4) is 0 Å². The van der Waals surface area contributed by atoms with Crippen molar-refractivity contribution in [2.75, 3.05) is 10.9 Å². The first-order chi connectivity index (χ1) is 6.68. The summed E-state index contributed by atoms with van der Waals surface area (Å²) in [5, 5.41) is 8.11. The van der Waals surface area contributed by atoms with Crippen molar-refractivity contribution in [1.82, 2.24) is 0 Å². The molecule has 0 amide bonds. The second-order valence-electron chi connectivity index (χ2n) is 2.70. The van der Waals surface area contributed by atoms with Crippen molar-refractivity contribution in [3.8, 4) is 0 Å². The lowest BCUT2D eigenvalue weighted by Gasteiger charge is -2.12. The zero-order valence-electron chi connectivity index (χ0n) is 7.07. The van der Waals surface area contributed by atoms with Crippen molar-refractivity contribution in [3.05, 3.63) is 29.3 Å². The van der Waals surface area contributed by atoms with Crippen LogP contribution in [0.4, 0.5) is 5.69 Å². The summed E-state index contributed by atoms with van der Waals surface area (Å²) in [6.07, 6.45) is 0. The van der Waals surface area contributed by atoms with Crippen molar-refractivity contribution in [1.29, 1.82) is 5.41 Å². The van der Waals surface area contributed by atoms with Crippen molar-refractivity contribution in [2.45, 2.75) is 0 Å². The molecule has 14 heavy (non-hydrogen) atoms. The van der Waals surface area contributed by atoms with Crippen LogP contribution in [0, 0.1) is 5.41 Å². The fourth-order valence-electron chi connectivity index (χ4n) is 1.13. The average molecular weight is 231 g/mol. The topological polar surface area (TPSA) is 53.4 Å². The lowest BCUT2D eigenvalue weighted by molar-refractivity contribution is 0.424. The molecule has 1 aromatic carbocycles. The molecule has 6 heteroatoms. The van der Waals surface area contributed by atoms with Gasteiger partial charge >= 0.3 is 0 Å². The molecule has 1 aliphatic rings. The largest absolute Gasteiger partial charge is 0.285 e. The van der Waals surface area contributed by atoms with Crippen LogP contribution in [0.5, 0.6) is 0 Å². The molecule has 1 fully saturated rings. The Bertz CT molecular complexity index is 377. The Hall–Kier alpha value is -0.910.